The Kier molecular flexibility index (Phi) is 2.52. The molecule has 0 atom stereocenters. The molecule has 0 radical (unpaired) electrons. The Balaban J connectivity index is 2.68. The fourth-order valence-corrected chi connectivity index (χ4v) is 1.83. The van der Waals surface area contributed by atoms with Crippen LogP contribution in [-0.4, -0.2) is 20.2 Å². The summed E-state index contributed by atoms with van der Waals surface area (Å²) in [4.78, 5) is 0. The summed E-state index contributed by atoms with van der Waals surface area (Å²) in [6, 6.07) is 5.65. The molecule has 72 valence electrons. The number of hydrogen-bond donors (Lipinski definition) is 0. The molecule has 0 N–H and O–H groups in total. The standard InChI is InChI=1S/C8H6BrClN4/c1-5-3-2-4-6(10)7(5)14-8(9)11-12-13-14/h2-4H,1H3. The molecule has 0 aliphatic carbocycles. The summed E-state index contributed by atoms with van der Waals surface area (Å²) < 4.78 is 2.09. The third-order valence-electron chi connectivity index (χ3n) is 1.83. The number of aryl methyl sites for hydroxylation is 1. The molecule has 0 amide bonds. The fraction of sp³-hybridized carbons (Fsp3) is 0.125. The van der Waals surface area contributed by atoms with E-state index in [1.54, 1.807) is 10.7 Å². The first kappa shape index (κ1) is 9.61. The zero-order valence-corrected chi connectivity index (χ0v) is 9.62. The largest absolute Gasteiger partial charge is 0.222 e. The Hall–Kier alpha value is -0.940. The lowest BCUT2D eigenvalue weighted by Gasteiger charge is -2.06. The fourth-order valence-electron chi connectivity index (χ4n) is 1.20. The van der Waals surface area contributed by atoms with E-state index in [0.717, 1.165) is 11.3 Å². The van der Waals surface area contributed by atoms with Crippen LogP contribution in [0.2, 0.25) is 5.02 Å². The maximum Gasteiger partial charge on any atom is 0.222 e. The number of halogens is 2. The van der Waals surface area contributed by atoms with Crippen LogP contribution in [0.25, 0.3) is 5.69 Å². The van der Waals surface area contributed by atoms with Crippen LogP contribution in [0.3, 0.4) is 0 Å². The molecule has 2 rings (SSSR count). The number of nitrogens with zero attached hydrogens (tertiary/aromatic N) is 4. The minimum Gasteiger partial charge on any atom is -0.185 e. The smallest absolute Gasteiger partial charge is 0.185 e. The molecule has 0 aliphatic heterocycles. The highest BCUT2D eigenvalue weighted by Gasteiger charge is 2.10. The number of tetrazole rings is 1. The minimum atomic E-state index is 0.536. The summed E-state index contributed by atoms with van der Waals surface area (Å²) in [6.07, 6.45) is 0. The first-order chi connectivity index (χ1) is 6.70. The molecule has 14 heavy (non-hydrogen) atoms. The van der Waals surface area contributed by atoms with Crippen molar-refractivity contribution in [2.45, 2.75) is 6.92 Å². The summed E-state index contributed by atoms with van der Waals surface area (Å²) >= 11 is 9.30. The molecule has 0 fully saturated rings. The van der Waals surface area contributed by atoms with E-state index in [1.807, 2.05) is 19.1 Å². The zero-order chi connectivity index (χ0) is 10.1. The Morgan fingerprint density at radius 2 is 2.21 bits per heavy atom. The van der Waals surface area contributed by atoms with E-state index in [9.17, 15) is 0 Å². The second-order valence-corrected chi connectivity index (χ2v) is 3.88. The molecular formula is C8H6BrClN4. The van der Waals surface area contributed by atoms with Gasteiger partial charge < -0.3 is 0 Å². The molecule has 4 nitrogen and oxygen atoms in total. The predicted molar refractivity (Wildman–Crippen MR) is 56.6 cm³/mol. The predicted octanol–water partition coefficient (Wildman–Crippen LogP) is 2.39. The van der Waals surface area contributed by atoms with Crippen molar-refractivity contribution in [3.05, 3.63) is 33.5 Å². The Morgan fingerprint density at radius 1 is 1.43 bits per heavy atom. The van der Waals surface area contributed by atoms with Crippen molar-refractivity contribution in [2.24, 2.45) is 0 Å². The van der Waals surface area contributed by atoms with Gasteiger partial charge in [0, 0.05) is 0 Å². The second kappa shape index (κ2) is 3.67. The first-order valence-corrected chi connectivity index (χ1v) is 5.06. The third-order valence-corrected chi connectivity index (χ3v) is 2.63. The molecule has 1 aromatic carbocycles. The van der Waals surface area contributed by atoms with Crippen LogP contribution < -0.4 is 0 Å². The van der Waals surface area contributed by atoms with Gasteiger partial charge in [0.05, 0.1) is 10.7 Å². The van der Waals surface area contributed by atoms with E-state index in [2.05, 4.69) is 31.5 Å². The highest BCUT2D eigenvalue weighted by Crippen LogP contribution is 2.24. The van der Waals surface area contributed by atoms with Gasteiger partial charge in [0.25, 0.3) is 0 Å². The number of para-hydroxylation sites is 1. The molecule has 0 spiro atoms. The summed E-state index contributed by atoms with van der Waals surface area (Å²) in [7, 11) is 0. The average molecular weight is 274 g/mol. The van der Waals surface area contributed by atoms with Crippen LogP contribution >= 0.6 is 27.5 Å². The van der Waals surface area contributed by atoms with Crippen LogP contribution in [0.15, 0.2) is 22.9 Å². The molecule has 0 bridgehead atoms. The highest BCUT2D eigenvalue weighted by atomic mass is 79.9. The van der Waals surface area contributed by atoms with Gasteiger partial charge in [-0.1, -0.05) is 23.7 Å². The number of aromatic nitrogens is 4. The lowest BCUT2D eigenvalue weighted by molar-refractivity contribution is 0.779. The number of rotatable bonds is 1. The Morgan fingerprint density at radius 3 is 2.79 bits per heavy atom. The molecule has 0 saturated heterocycles. The van der Waals surface area contributed by atoms with E-state index in [-0.39, 0.29) is 0 Å². The quantitative estimate of drug-likeness (QED) is 0.801. The number of benzene rings is 1. The van der Waals surface area contributed by atoms with Crippen molar-refractivity contribution in [3.8, 4) is 5.69 Å². The molecule has 2 aromatic rings. The molecule has 0 aliphatic rings. The van der Waals surface area contributed by atoms with E-state index >= 15 is 0 Å². The summed E-state index contributed by atoms with van der Waals surface area (Å²) in [6.45, 7) is 1.95. The monoisotopic (exact) mass is 272 g/mol. The van der Waals surface area contributed by atoms with Gasteiger partial charge in [0.2, 0.25) is 4.73 Å². The third kappa shape index (κ3) is 1.53. The SMILES string of the molecule is Cc1cccc(Cl)c1-n1nnnc1Br. The maximum atomic E-state index is 6.06. The van der Waals surface area contributed by atoms with Crippen LogP contribution in [0.4, 0.5) is 0 Å². The van der Waals surface area contributed by atoms with E-state index in [1.165, 1.54) is 0 Å². The van der Waals surface area contributed by atoms with Gasteiger partial charge in [-0.2, -0.15) is 4.68 Å². The average Bonchev–Trinajstić information content (AvgIpc) is 2.52. The zero-order valence-electron chi connectivity index (χ0n) is 7.28. The molecular weight excluding hydrogens is 267 g/mol. The minimum absolute atomic E-state index is 0.536. The van der Waals surface area contributed by atoms with Crippen molar-refractivity contribution in [1.82, 2.24) is 20.2 Å². The van der Waals surface area contributed by atoms with Crippen molar-refractivity contribution < 1.29 is 0 Å². The van der Waals surface area contributed by atoms with Crippen LogP contribution in [0.1, 0.15) is 5.56 Å². The lowest BCUT2D eigenvalue weighted by Crippen LogP contribution is -2.00. The molecule has 1 aromatic heterocycles. The van der Waals surface area contributed by atoms with Gasteiger partial charge >= 0.3 is 0 Å². The normalized spacial score (nSPS) is 10.5. The van der Waals surface area contributed by atoms with Crippen molar-refractivity contribution in [3.63, 3.8) is 0 Å². The first-order valence-electron chi connectivity index (χ1n) is 3.89. The Bertz CT molecular complexity index is 448. The van der Waals surface area contributed by atoms with E-state index in [4.69, 9.17) is 11.6 Å². The van der Waals surface area contributed by atoms with Gasteiger partial charge in [0.1, 0.15) is 0 Å². The van der Waals surface area contributed by atoms with E-state index in [0.29, 0.717) is 9.76 Å². The molecule has 0 unspecified atom stereocenters. The highest BCUT2D eigenvalue weighted by molar-refractivity contribution is 9.10. The molecule has 1 heterocycles. The topological polar surface area (TPSA) is 43.6 Å². The molecule has 6 heteroatoms. The second-order valence-electron chi connectivity index (χ2n) is 2.77. The van der Waals surface area contributed by atoms with Crippen LogP contribution in [0, 0.1) is 6.92 Å². The van der Waals surface area contributed by atoms with Gasteiger partial charge in [-0.15, -0.1) is 5.10 Å². The lowest BCUT2D eigenvalue weighted by atomic mass is 10.2. The van der Waals surface area contributed by atoms with Crippen molar-refractivity contribution in [1.29, 1.82) is 0 Å². The van der Waals surface area contributed by atoms with E-state index < -0.39 is 0 Å². The number of hydrogen-bond acceptors (Lipinski definition) is 3. The maximum absolute atomic E-state index is 6.06. The van der Waals surface area contributed by atoms with Gasteiger partial charge in [0.15, 0.2) is 0 Å². The van der Waals surface area contributed by atoms with Crippen LogP contribution in [0.5, 0.6) is 0 Å². The van der Waals surface area contributed by atoms with Gasteiger partial charge in [-0.3, -0.25) is 0 Å². The van der Waals surface area contributed by atoms with Gasteiger partial charge in [-0.05, 0) is 44.9 Å². The summed E-state index contributed by atoms with van der Waals surface area (Å²) in [5.41, 5.74) is 1.82. The molecule has 0 saturated carbocycles. The summed E-state index contributed by atoms with van der Waals surface area (Å²) in [5.74, 6) is 0. The van der Waals surface area contributed by atoms with Gasteiger partial charge in [-0.25, -0.2) is 0 Å². The van der Waals surface area contributed by atoms with Crippen LogP contribution in [-0.2, 0) is 0 Å². The Labute approximate surface area is 94.0 Å². The summed E-state index contributed by atoms with van der Waals surface area (Å²) in [5, 5.41) is 11.7. The van der Waals surface area contributed by atoms with Crippen molar-refractivity contribution in [2.75, 3.05) is 0 Å². The van der Waals surface area contributed by atoms with Crippen molar-refractivity contribution >= 4 is 27.5 Å².